The van der Waals surface area contributed by atoms with E-state index in [1.807, 2.05) is 51.1 Å². The summed E-state index contributed by atoms with van der Waals surface area (Å²) in [5.74, 6) is -0.819. The molecular weight excluding hydrogens is 442 g/mol. The smallest absolute Gasteiger partial charge is 0.287 e. The number of para-hydroxylation sites is 1. The molecule has 0 aliphatic heterocycles. The first-order valence-corrected chi connectivity index (χ1v) is 11.7. The molecule has 0 fully saturated rings. The van der Waals surface area contributed by atoms with Gasteiger partial charge in [0.05, 0.1) is 12.8 Å². The SMILES string of the molecule is CC(C)c1ccc([C@@H](C(=O)NC(C)(C)C)N(C(=O)CNC(=O)c2ccco2)c2ccccc2)cc1. The van der Waals surface area contributed by atoms with Gasteiger partial charge in [-0.2, -0.15) is 0 Å². The third kappa shape index (κ3) is 6.82. The molecule has 0 bridgehead atoms. The maximum absolute atomic E-state index is 13.6. The molecule has 2 aromatic carbocycles. The van der Waals surface area contributed by atoms with Crippen LogP contribution in [0.25, 0.3) is 0 Å². The highest BCUT2D eigenvalue weighted by Crippen LogP contribution is 2.29. The number of hydrogen-bond acceptors (Lipinski definition) is 4. The van der Waals surface area contributed by atoms with Crippen molar-refractivity contribution in [3.63, 3.8) is 0 Å². The van der Waals surface area contributed by atoms with Crippen LogP contribution < -0.4 is 15.5 Å². The molecule has 0 aliphatic carbocycles. The molecule has 0 saturated heterocycles. The quantitative estimate of drug-likeness (QED) is 0.489. The average Bonchev–Trinajstić information content (AvgIpc) is 3.35. The molecule has 184 valence electrons. The van der Waals surface area contributed by atoms with Gasteiger partial charge in [0.1, 0.15) is 6.04 Å². The Morgan fingerprint density at radius 1 is 0.886 bits per heavy atom. The summed E-state index contributed by atoms with van der Waals surface area (Å²) >= 11 is 0. The minimum Gasteiger partial charge on any atom is -0.459 e. The molecule has 0 aliphatic rings. The van der Waals surface area contributed by atoms with Gasteiger partial charge >= 0.3 is 0 Å². The number of nitrogens with one attached hydrogen (secondary N) is 2. The number of carbonyl (C=O) groups excluding carboxylic acids is 3. The highest BCUT2D eigenvalue weighted by molar-refractivity contribution is 6.04. The molecule has 7 nitrogen and oxygen atoms in total. The van der Waals surface area contributed by atoms with Crippen molar-refractivity contribution >= 4 is 23.4 Å². The number of nitrogens with zero attached hydrogens (tertiary/aromatic N) is 1. The van der Waals surface area contributed by atoms with Gasteiger partial charge in [-0.3, -0.25) is 19.3 Å². The van der Waals surface area contributed by atoms with E-state index in [1.165, 1.54) is 17.2 Å². The second kappa shape index (κ2) is 11.0. The zero-order valence-electron chi connectivity index (χ0n) is 20.9. The fraction of sp³-hybridized carbons (Fsp3) is 0.321. The van der Waals surface area contributed by atoms with Gasteiger partial charge in [-0.1, -0.05) is 56.3 Å². The van der Waals surface area contributed by atoms with Crippen molar-refractivity contribution in [3.8, 4) is 0 Å². The largest absolute Gasteiger partial charge is 0.459 e. The zero-order chi connectivity index (χ0) is 25.6. The minimum atomic E-state index is -0.939. The van der Waals surface area contributed by atoms with Crippen molar-refractivity contribution in [3.05, 3.63) is 89.9 Å². The van der Waals surface area contributed by atoms with Crippen molar-refractivity contribution in [1.82, 2.24) is 10.6 Å². The minimum absolute atomic E-state index is 0.107. The van der Waals surface area contributed by atoms with Gasteiger partial charge in [0.15, 0.2) is 5.76 Å². The first-order chi connectivity index (χ1) is 16.6. The summed E-state index contributed by atoms with van der Waals surface area (Å²) in [4.78, 5) is 41.0. The molecule has 0 spiro atoms. The van der Waals surface area contributed by atoms with Gasteiger partial charge in [0.2, 0.25) is 11.8 Å². The van der Waals surface area contributed by atoms with E-state index >= 15 is 0 Å². The van der Waals surface area contributed by atoms with E-state index in [1.54, 1.807) is 30.3 Å². The van der Waals surface area contributed by atoms with E-state index in [4.69, 9.17) is 4.42 Å². The molecule has 3 rings (SSSR count). The van der Waals surface area contributed by atoms with Crippen LogP contribution in [0.3, 0.4) is 0 Å². The lowest BCUT2D eigenvalue weighted by Gasteiger charge is -2.34. The van der Waals surface area contributed by atoms with Crippen molar-refractivity contribution < 1.29 is 18.8 Å². The molecule has 2 N–H and O–H groups in total. The van der Waals surface area contributed by atoms with E-state index in [9.17, 15) is 14.4 Å². The Morgan fingerprint density at radius 3 is 2.06 bits per heavy atom. The van der Waals surface area contributed by atoms with Crippen LogP contribution in [0.15, 0.2) is 77.4 Å². The molecule has 3 amide bonds. The monoisotopic (exact) mass is 475 g/mol. The van der Waals surface area contributed by atoms with Crippen molar-refractivity contribution in [2.75, 3.05) is 11.4 Å². The van der Waals surface area contributed by atoms with Crippen molar-refractivity contribution in [2.24, 2.45) is 0 Å². The van der Waals surface area contributed by atoms with Gasteiger partial charge in [-0.15, -0.1) is 0 Å². The Labute approximate surface area is 206 Å². The molecule has 1 aromatic heterocycles. The summed E-state index contributed by atoms with van der Waals surface area (Å²) in [5, 5.41) is 5.61. The fourth-order valence-corrected chi connectivity index (χ4v) is 3.68. The van der Waals surface area contributed by atoms with Crippen LogP contribution in [-0.2, 0) is 9.59 Å². The molecule has 0 radical (unpaired) electrons. The number of amides is 3. The summed E-state index contributed by atoms with van der Waals surface area (Å²) in [6.45, 7) is 9.56. The zero-order valence-corrected chi connectivity index (χ0v) is 20.9. The number of anilines is 1. The standard InChI is InChI=1S/C28H33N3O4/c1-19(2)20-13-15-21(16-14-20)25(27(34)30-28(3,4)5)31(22-10-7-6-8-11-22)24(32)18-29-26(33)23-12-9-17-35-23/h6-17,19,25H,18H2,1-5H3,(H,29,33)(H,30,34)/t25-/m0/s1. The maximum atomic E-state index is 13.6. The average molecular weight is 476 g/mol. The lowest BCUT2D eigenvalue weighted by atomic mass is 9.96. The lowest BCUT2D eigenvalue weighted by molar-refractivity contribution is -0.127. The molecule has 1 atom stereocenters. The molecule has 3 aromatic rings. The Kier molecular flexibility index (Phi) is 8.12. The van der Waals surface area contributed by atoms with E-state index in [-0.39, 0.29) is 18.2 Å². The topological polar surface area (TPSA) is 91.7 Å². The number of rotatable bonds is 8. The first kappa shape index (κ1) is 25.7. The first-order valence-electron chi connectivity index (χ1n) is 11.7. The summed E-state index contributed by atoms with van der Waals surface area (Å²) in [5.41, 5.74) is 1.84. The third-order valence-electron chi connectivity index (χ3n) is 5.37. The highest BCUT2D eigenvalue weighted by Gasteiger charge is 2.34. The van der Waals surface area contributed by atoms with E-state index < -0.39 is 23.4 Å². The third-order valence-corrected chi connectivity index (χ3v) is 5.37. The van der Waals surface area contributed by atoms with Gasteiger partial charge < -0.3 is 15.1 Å². The van der Waals surface area contributed by atoms with Crippen LogP contribution in [0, 0.1) is 0 Å². The number of furan rings is 1. The lowest BCUT2D eigenvalue weighted by Crippen LogP contribution is -2.51. The fourth-order valence-electron chi connectivity index (χ4n) is 3.68. The van der Waals surface area contributed by atoms with Crippen molar-refractivity contribution in [2.45, 2.75) is 52.1 Å². The second-order valence-corrected chi connectivity index (χ2v) is 9.72. The maximum Gasteiger partial charge on any atom is 0.287 e. The summed E-state index contributed by atoms with van der Waals surface area (Å²) in [6.07, 6.45) is 1.39. The molecule has 7 heteroatoms. The van der Waals surface area contributed by atoms with Gasteiger partial charge in [-0.25, -0.2) is 0 Å². The summed E-state index contributed by atoms with van der Waals surface area (Å²) in [7, 11) is 0. The molecule has 35 heavy (non-hydrogen) atoms. The summed E-state index contributed by atoms with van der Waals surface area (Å²) in [6, 6.07) is 18.9. The Bertz CT molecular complexity index is 1130. The molecular formula is C28H33N3O4. The number of carbonyl (C=O) groups is 3. The Balaban J connectivity index is 2.00. The van der Waals surface area contributed by atoms with Crippen LogP contribution in [0.1, 0.15) is 68.3 Å². The van der Waals surface area contributed by atoms with Crippen LogP contribution >= 0.6 is 0 Å². The second-order valence-electron chi connectivity index (χ2n) is 9.72. The van der Waals surface area contributed by atoms with Crippen LogP contribution in [0.2, 0.25) is 0 Å². The van der Waals surface area contributed by atoms with Gasteiger partial charge in [0.25, 0.3) is 5.91 Å². The molecule has 0 saturated carbocycles. The highest BCUT2D eigenvalue weighted by atomic mass is 16.3. The Hall–Kier alpha value is -3.87. The summed E-state index contributed by atoms with van der Waals surface area (Å²) < 4.78 is 5.11. The van der Waals surface area contributed by atoms with Crippen LogP contribution in [0.4, 0.5) is 5.69 Å². The molecule has 0 unspecified atom stereocenters. The predicted molar refractivity (Wildman–Crippen MR) is 136 cm³/mol. The Morgan fingerprint density at radius 2 is 1.51 bits per heavy atom. The van der Waals surface area contributed by atoms with Gasteiger partial charge in [-0.05, 0) is 62.1 Å². The van der Waals surface area contributed by atoms with Crippen LogP contribution in [-0.4, -0.2) is 29.8 Å². The number of hydrogen-bond donors (Lipinski definition) is 2. The van der Waals surface area contributed by atoms with E-state index in [2.05, 4.69) is 24.5 Å². The number of benzene rings is 2. The van der Waals surface area contributed by atoms with Gasteiger partial charge in [0, 0.05) is 11.2 Å². The predicted octanol–water partition coefficient (Wildman–Crippen LogP) is 4.82. The normalized spacial score (nSPS) is 12.2. The van der Waals surface area contributed by atoms with Crippen LogP contribution in [0.5, 0.6) is 0 Å². The molecule has 1 heterocycles. The van der Waals surface area contributed by atoms with E-state index in [0.717, 1.165) is 5.56 Å². The van der Waals surface area contributed by atoms with E-state index in [0.29, 0.717) is 17.2 Å². The van der Waals surface area contributed by atoms with Crippen molar-refractivity contribution in [1.29, 1.82) is 0 Å².